The van der Waals surface area contributed by atoms with Crippen molar-refractivity contribution in [2.75, 3.05) is 17.4 Å². The van der Waals surface area contributed by atoms with Gasteiger partial charge in [0, 0.05) is 13.1 Å². The molecule has 0 unspecified atom stereocenters. The van der Waals surface area contributed by atoms with E-state index < -0.39 is 28.5 Å². The molecule has 0 fully saturated rings. The van der Waals surface area contributed by atoms with E-state index in [2.05, 4.69) is 5.32 Å². The molecule has 0 radical (unpaired) electrons. The number of halogens is 2. The summed E-state index contributed by atoms with van der Waals surface area (Å²) in [4.78, 5) is 28.6. The molecule has 39 heavy (non-hydrogen) atoms. The molecule has 0 saturated carbocycles. The van der Waals surface area contributed by atoms with E-state index in [1.807, 2.05) is 51.1 Å². The van der Waals surface area contributed by atoms with Crippen LogP contribution in [0, 0.1) is 5.92 Å². The molecule has 0 aliphatic carbocycles. The monoisotopic (exact) mass is 589 g/mol. The van der Waals surface area contributed by atoms with Crippen LogP contribution in [-0.2, 0) is 26.2 Å². The number of rotatable bonds is 12. The molecule has 1 atom stereocenters. The highest BCUT2D eigenvalue weighted by atomic mass is 35.5. The normalized spacial score (nSPS) is 12.2. The maximum absolute atomic E-state index is 14.0. The second kappa shape index (κ2) is 13.8. The van der Waals surface area contributed by atoms with Crippen LogP contribution in [0.2, 0.25) is 10.0 Å². The van der Waals surface area contributed by atoms with Gasteiger partial charge in [-0.1, -0.05) is 92.5 Å². The lowest BCUT2D eigenvalue weighted by Crippen LogP contribution is -2.52. The van der Waals surface area contributed by atoms with Gasteiger partial charge in [-0.05, 0) is 48.2 Å². The van der Waals surface area contributed by atoms with E-state index in [9.17, 15) is 18.0 Å². The van der Waals surface area contributed by atoms with E-state index >= 15 is 0 Å². The van der Waals surface area contributed by atoms with Gasteiger partial charge >= 0.3 is 0 Å². The summed E-state index contributed by atoms with van der Waals surface area (Å²) in [6, 6.07) is 20.7. The smallest absolute Gasteiger partial charge is 0.264 e. The molecular formula is C29H33Cl2N3O4S. The maximum Gasteiger partial charge on any atom is 0.264 e. The molecule has 0 spiro atoms. The molecule has 0 aliphatic rings. The Morgan fingerprint density at radius 2 is 1.51 bits per heavy atom. The van der Waals surface area contributed by atoms with Crippen molar-refractivity contribution in [2.24, 2.45) is 5.92 Å². The molecule has 0 aromatic heterocycles. The van der Waals surface area contributed by atoms with Crippen molar-refractivity contribution in [3.05, 3.63) is 94.5 Å². The summed E-state index contributed by atoms with van der Waals surface area (Å²) >= 11 is 12.3. The Labute approximate surface area is 240 Å². The molecule has 3 aromatic carbocycles. The first-order valence-electron chi connectivity index (χ1n) is 12.7. The van der Waals surface area contributed by atoms with E-state index in [1.165, 1.54) is 35.2 Å². The Kier molecular flexibility index (Phi) is 10.8. The quantitative estimate of drug-likeness (QED) is 0.290. The molecule has 3 aromatic rings. The standard InChI is InChI=1S/C29H33Cl2N3O4S/c1-4-27(29(36)32-18-21(2)3)33(19-22-11-7-5-8-12-22)28(35)20-34(23-15-16-25(30)26(31)17-23)39(37,38)24-13-9-6-10-14-24/h5-17,21,27H,4,18-20H2,1-3H3,(H,32,36)/t27-/m1/s1. The zero-order valence-corrected chi connectivity index (χ0v) is 24.5. The van der Waals surface area contributed by atoms with E-state index in [0.717, 1.165) is 9.87 Å². The Bertz CT molecular complexity index is 1370. The van der Waals surface area contributed by atoms with Crippen LogP contribution in [0.3, 0.4) is 0 Å². The SMILES string of the molecule is CC[C@H](C(=O)NCC(C)C)N(Cc1ccccc1)C(=O)CN(c1ccc(Cl)c(Cl)c1)S(=O)(=O)c1ccccc1. The third-order valence-corrected chi connectivity index (χ3v) is 8.59. The first-order chi connectivity index (χ1) is 18.5. The van der Waals surface area contributed by atoms with Crippen molar-refractivity contribution in [1.82, 2.24) is 10.2 Å². The fraction of sp³-hybridized carbons (Fsp3) is 0.310. The highest BCUT2D eigenvalue weighted by Gasteiger charge is 2.33. The lowest BCUT2D eigenvalue weighted by atomic mass is 10.1. The van der Waals surface area contributed by atoms with Gasteiger partial charge in [0.05, 0.1) is 20.6 Å². The van der Waals surface area contributed by atoms with Crippen molar-refractivity contribution in [3.8, 4) is 0 Å². The number of hydrogen-bond acceptors (Lipinski definition) is 4. The Hall–Kier alpha value is -3.07. The van der Waals surface area contributed by atoms with Gasteiger partial charge in [-0.3, -0.25) is 13.9 Å². The molecule has 208 valence electrons. The van der Waals surface area contributed by atoms with Gasteiger partial charge in [-0.25, -0.2) is 8.42 Å². The number of hydrogen-bond donors (Lipinski definition) is 1. The van der Waals surface area contributed by atoms with Gasteiger partial charge < -0.3 is 10.2 Å². The van der Waals surface area contributed by atoms with Crippen molar-refractivity contribution >= 4 is 50.7 Å². The Morgan fingerprint density at radius 3 is 2.08 bits per heavy atom. The fourth-order valence-electron chi connectivity index (χ4n) is 4.01. The maximum atomic E-state index is 14.0. The minimum Gasteiger partial charge on any atom is -0.354 e. The topological polar surface area (TPSA) is 86.8 Å². The van der Waals surface area contributed by atoms with Gasteiger partial charge in [0.1, 0.15) is 12.6 Å². The second-order valence-corrected chi connectivity index (χ2v) is 12.2. The van der Waals surface area contributed by atoms with E-state index in [0.29, 0.717) is 13.0 Å². The number of benzene rings is 3. The molecular weight excluding hydrogens is 557 g/mol. The predicted octanol–water partition coefficient (Wildman–Crippen LogP) is 5.77. The molecule has 7 nitrogen and oxygen atoms in total. The van der Waals surface area contributed by atoms with Crippen LogP contribution in [0.25, 0.3) is 0 Å². The largest absolute Gasteiger partial charge is 0.354 e. The number of carbonyl (C=O) groups is 2. The number of sulfonamides is 1. The second-order valence-electron chi connectivity index (χ2n) is 9.49. The zero-order chi connectivity index (χ0) is 28.6. The third-order valence-electron chi connectivity index (χ3n) is 6.07. The third kappa shape index (κ3) is 7.97. The number of nitrogens with one attached hydrogen (secondary N) is 1. The van der Waals surface area contributed by atoms with Gasteiger partial charge in [-0.15, -0.1) is 0 Å². The van der Waals surface area contributed by atoms with Crippen molar-refractivity contribution < 1.29 is 18.0 Å². The van der Waals surface area contributed by atoms with Crippen LogP contribution in [0.1, 0.15) is 32.8 Å². The number of carbonyl (C=O) groups excluding carboxylic acids is 2. The van der Waals surface area contributed by atoms with Gasteiger partial charge in [0.25, 0.3) is 10.0 Å². The van der Waals surface area contributed by atoms with E-state index in [-0.39, 0.29) is 39.0 Å². The first kappa shape index (κ1) is 30.5. The molecule has 0 heterocycles. The van der Waals surface area contributed by atoms with Crippen LogP contribution >= 0.6 is 23.2 Å². The van der Waals surface area contributed by atoms with Crippen LogP contribution in [0.4, 0.5) is 5.69 Å². The summed E-state index contributed by atoms with van der Waals surface area (Å²) in [6.45, 7) is 5.84. The van der Waals surface area contributed by atoms with Crippen molar-refractivity contribution in [1.29, 1.82) is 0 Å². The van der Waals surface area contributed by atoms with Crippen LogP contribution < -0.4 is 9.62 Å². The minimum atomic E-state index is -4.18. The lowest BCUT2D eigenvalue weighted by molar-refractivity contribution is -0.140. The summed E-state index contributed by atoms with van der Waals surface area (Å²) < 4.78 is 28.6. The zero-order valence-electron chi connectivity index (χ0n) is 22.2. The predicted molar refractivity (Wildman–Crippen MR) is 156 cm³/mol. The summed E-state index contributed by atoms with van der Waals surface area (Å²) in [7, 11) is -4.18. The van der Waals surface area contributed by atoms with Crippen LogP contribution in [0.15, 0.2) is 83.8 Å². The average Bonchev–Trinajstić information content (AvgIpc) is 2.92. The fourth-order valence-corrected chi connectivity index (χ4v) is 5.73. The molecule has 2 amide bonds. The molecule has 0 bridgehead atoms. The molecule has 10 heteroatoms. The molecule has 0 aliphatic heterocycles. The summed E-state index contributed by atoms with van der Waals surface area (Å²) in [5.41, 5.74) is 0.992. The number of anilines is 1. The highest BCUT2D eigenvalue weighted by Crippen LogP contribution is 2.31. The van der Waals surface area contributed by atoms with Crippen LogP contribution in [0.5, 0.6) is 0 Å². The van der Waals surface area contributed by atoms with E-state index in [1.54, 1.807) is 18.2 Å². The average molecular weight is 591 g/mol. The van der Waals surface area contributed by atoms with Crippen LogP contribution in [-0.4, -0.2) is 44.3 Å². The highest BCUT2D eigenvalue weighted by molar-refractivity contribution is 7.92. The Morgan fingerprint density at radius 1 is 0.897 bits per heavy atom. The summed E-state index contributed by atoms with van der Waals surface area (Å²) in [5.74, 6) is -0.593. The molecule has 1 N–H and O–H groups in total. The first-order valence-corrected chi connectivity index (χ1v) is 14.9. The van der Waals surface area contributed by atoms with E-state index in [4.69, 9.17) is 23.2 Å². The lowest BCUT2D eigenvalue weighted by Gasteiger charge is -2.33. The minimum absolute atomic E-state index is 0.0141. The summed E-state index contributed by atoms with van der Waals surface area (Å²) in [5, 5.41) is 3.31. The van der Waals surface area contributed by atoms with Gasteiger partial charge in [-0.2, -0.15) is 0 Å². The van der Waals surface area contributed by atoms with Crippen molar-refractivity contribution in [3.63, 3.8) is 0 Å². The Balaban J connectivity index is 2.04. The van der Waals surface area contributed by atoms with Gasteiger partial charge in [0.2, 0.25) is 11.8 Å². The number of amides is 2. The molecule has 0 saturated heterocycles. The van der Waals surface area contributed by atoms with Gasteiger partial charge in [0.15, 0.2) is 0 Å². The molecule has 3 rings (SSSR count). The summed E-state index contributed by atoms with van der Waals surface area (Å²) in [6.07, 6.45) is 0.348. The van der Waals surface area contributed by atoms with Crippen molar-refractivity contribution in [2.45, 2.75) is 44.7 Å². The number of nitrogens with zero attached hydrogens (tertiary/aromatic N) is 2.